The molecule has 0 spiro atoms. The van der Waals surface area contributed by atoms with Crippen molar-refractivity contribution in [2.45, 2.75) is 52.2 Å². The topological polar surface area (TPSA) is 89.1 Å². The van der Waals surface area contributed by atoms with Crippen LogP contribution in [-0.2, 0) is 12.8 Å². The van der Waals surface area contributed by atoms with Gasteiger partial charge in [0.2, 0.25) is 5.43 Å². The average Bonchev–Trinajstić information content (AvgIpc) is 3.20. The van der Waals surface area contributed by atoms with E-state index in [0.717, 1.165) is 5.57 Å². The van der Waals surface area contributed by atoms with Gasteiger partial charge >= 0.3 is 0 Å². The second-order valence-electron chi connectivity index (χ2n) is 9.00. The Morgan fingerprint density at radius 1 is 1.25 bits per heavy atom. The van der Waals surface area contributed by atoms with Crippen LogP contribution in [0.15, 0.2) is 51.4 Å². The zero-order chi connectivity index (χ0) is 23.2. The van der Waals surface area contributed by atoms with E-state index in [1.54, 1.807) is 45.2 Å². The van der Waals surface area contributed by atoms with E-state index in [-0.39, 0.29) is 16.6 Å². The summed E-state index contributed by atoms with van der Waals surface area (Å²) >= 11 is 0. The molecule has 0 fully saturated rings. The molecule has 0 amide bonds. The van der Waals surface area contributed by atoms with E-state index < -0.39 is 11.7 Å². The zero-order valence-corrected chi connectivity index (χ0v) is 19.0. The van der Waals surface area contributed by atoms with Crippen molar-refractivity contribution in [3.63, 3.8) is 0 Å². The Morgan fingerprint density at radius 3 is 2.53 bits per heavy atom. The van der Waals surface area contributed by atoms with E-state index in [1.165, 1.54) is 6.26 Å². The lowest BCUT2D eigenvalue weighted by Crippen LogP contribution is -2.39. The van der Waals surface area contributed by atoms with Crippen LogP contribution in [0.25, 0.3) is 22.1 Å². The van der Waals surface area contributed by atoms with Crippen LogP contribution in [0.5, 0.6) is 17.2 Å². The van der Waals surface area contributed by atoms with Crippen LogP contribution < -0.4 is 14.9 Å². The highest BCUT2D eigenvalue weighted by atomic mass is 16.5. The number of hydrogen-bond donors (Lipinski definition) is 2. The van der Waals surface area contributed by atoms with Crippen molar-refractivity contribution < 1.29 is 24.1 Å². The molecule has 0 unspecified atom stereocenters. The molecule has 6 nitrogen and oxygen atoms in total. The molecule has 0 radical (unpaired) electrons. The van der Waals surface area contributed by atoms with Crippen LogP contribution in [0.3, 0.4) is 0 Å². The predicted molar refractivity (Wildman–Crippen MR) is 124 cm³/mol. The smallest absolute Gasteiger partial charge is 0.204 e. The summed E-state index contributed by atoms with van der Waals surface area (Å²) in [5.41, 5.74) is 2.21. The van der Waals surface area contributed by atoms with E-state index in [2.05, 4.69) is 0 Å². The summed E-state index contributed by atoms with van der Waals surface area (Å²) in [5, 5.41) is 21.8. The molecule has 0 bridgehead atoms. The van der Waals surface area contributed by atoms with Gasteiger partial charge in [-0.15, -0.1) is 0 Å². The van der Waals surface area contributed by atoms with Crippen molar-refractivity contribution in [3.8, 4) is 28.4 Å². The molecule has 2 heterocycles. The summed E-state index contributed by atoms with van der Waals surface area (Å²) in [7, 11) is 1.58. The van der Waals surface area contributed by atoms with Crippen molar-refractivity contribution in [1.82, 2.24) is 0 Å². The molecule has 1 atom stereocenters. The van der Waals surface area contributed by atoms with Gasteiger partial charge in [0.25, 0.3) is 0 Å². The van der Waals surface area contributed by atoms with Gasteiger partial charge in [-0.2, -0.15) is 0 Å². The summed E-state index contributed by atoms with van der Waals surface area (Å²) in [5.74, 6) is 1.02. The first-order valence-corrected chi connectivity index (χ1v) is 10.6. The lowest BCUT2D eigenvalue weighted by molar-refractivity contribution is -0.0232. The van der Waals surface area contributed by atoms with Gasteiger partial charge in [-0.3, -0.25) is 4.79 Å². The summed E-state index contributed by atoms with van der Waals surface area (Å²) in [6, 6.07) is 7.09. The number of fused-ring (bicyclic) bond motifs is 2. The molecule has 3 aromatic rings. The molecule has 2 aromatic carbocycles. The van der Waals surface area contributed by atoms with E-state index in [4.69, 9.17) is 13.9 Å². The highest BCUT2D eigenvalue weighted by Crippen LogP contribution is 2.46. The summed E-state index contributed by atoms with van der Waals surface area (Å²) in [6.07, 6.45) is 3.68. The number of ether oxygens (including phenoxy) is 2. The number of phenols is 1. The Balaban J connectivity index is 1.96. The van der Waals surface area contributed by atoms with Crippen molar-refractivity contribution in [1.29, 1.82) is 0 Å². The first-order valence-electron chi connectivity index (χ1n) is 10.6. The summed E-state index contributed by atoms with van der Waals surface area (Å²) in [4.78, 5) is 13.5. The monoisotopic (exact) mass is 436 g/mol. The first-order chi connectivity index (χ1) is 15.1. The van der Waals surface area contributed by atoms with E-state index in [9.17, 15) is 15.0 Å². The molecule has 4 rings (SSSR count). The van der Waals surface area contributed by atoms with Gasteiger partial charge in [0, 0.05) is 17.5 Å². The minimum Gasteiger partial charge on any atom is -0.507 e. The van der Waals surface area contributed by atoms with Crippen molar-refractivity contribution in [2.24, 2.45) is 0 Å². The lowest BCUT2D eigenvalue weighted by atomic mass is 9.93. The molecule has 0 aliphatic carbocycles. The van der Waals surface area contributed by atoms with E-state index in [1.807, 2.05) is 19.9 Å². The van der Waals surface area contributed by atoms with Crippen LogP contribution in [0.4, 0.5) is 0 Å². The molecule has 0 saturated heterocycles. The van der Waals surface area contributed by atoms with Crippen LogP contribution in [0.1, 0.15) is 38.8 Å². The molecule has 0 saturated carbocycles. The Morgan fingerprint density at radius 2 is 1.94 bits per heavy atom. The molecule has 2 N–H and O–H groups in total. The SMILES string of the molecule is COc1ccc(-c2coc3c(CC=C(C)C)c4c(c(O)c3c2=O)C[C@@H](C(C)(C)O)O4)cc1. The Kier molecular flexibility index (Phi) is 5.51. The molecule has 32 heavy (non-hydrogen) atoms. The molecular weight excluding hydrogens is 408 g/mol. The standard InChI is InChI=1S/C26H28O6/c1-14(2)6-11-17-24-18(12-20(32-24)26(3,4)29)22(27)21-23(28)19(13-31-25(17)21)15-7-9-16(30-5)10-8-15/h6-10,13,20,27,29H,11-12H2,1-5H3/t20-/m0/s1. The summed E-state index contributed by atoms with van der Waals surface area (Å²) < 4.78 is 17.2. The lowest BCUT2D eigenvalue weighted by Gasteiger charge is -2.24. The molecule has 1 aliphatic rings. The number of benzene rings is 2. The van der Waals surface area contributed by atoms with Gasteiger partial charge in [-0.1, -0.05) is 23.8 Å². The maximum atomic E-state index is 13.5. The number of phenolic OH excluding ortho intramolecular Hbond substituents is 1. The zero-order valence-electron chi connectivity index (χ0n) is 19.0. The third kappa shape index (κ3) is 3.75. The van der Waals surface area contributed by atoms with Gasteiger partial charge in [-0.05, 0) is 51.8 Å². The van der Waals surface area contributed by atoms with Gasteiger partial charge in [0.15, 0.2) is 0 Å². The fourth-order valence-corrected chi connectivity index (χ4v) is 4.01. The summed E-state index contributed by atoms with van der Waals surface area (Å²) in [6.45, 7) is 7.31. The third-order valence-electron chi connectivity index (χ3n) is 5.89. The Hall–Kier alpha value is -3.25. The average molecular weight is 437 g/mol. The molecule has 6 heteroatoms. The number of rotatable bonds is 5. The van der Waals surface area contributed by atoms with Crippen LogP contribution in [0.2, 0.25) is 0 Å². The van der Waals surface area contributed by atoms with Gasteiger partial charge in [-0.25, -0.2) is 0 Å². The molecule has 168 valence electrons. The number of allylic oxidation sites excluding steroid dienone is 2. The minimum atomic E-state index is -1.11. The molecular formula is C26H28O6. The second-order valence-corrected chi connectivity index (χ2v) is 9.00. The number of hydrogen-bond acceptors (Lipinski definition) is 6. The van der Waals surface area contributed by atoms with E-state index >= 15 is 0 Å². The van der Waals surface area contributed by atoms with Crippen LogP contribution in [0, 0.1) is 0 Å². The fraction of sp³-hybridized carbons (Fsp3) is 0.346. The number of methoxy groups -OCH3 is 1. The van der Waals surface area contributed by atoms with Crippen molar-refractivity contribution >= 4 is 11.0 Å². The van der Waals surface area contributed by atoms with Gasteiger partial charge in [0.05, 0.1) is 18.3 Å². The van der Waals surface area contributed by atoms with Crippen molar-refractivity contribution in [3.05, 3.63) is 63.5 Å². The van der Waals surface area contributed by atoms with Crippen LogP contribution >= 0.6 is 0 Å². The minimum absolute atomic E-state index is 0.134. The molecule has 1 aliphatic heterocycles. The first kappa shape index (κ1) is 22.0. The highest BCUT2D eigenvalue weighted by molar-refractivity contribution is 5.93. The van der Waals surface area contributed by atoms with Gasteiger partial charge < -0.3 is 24.1 Å². The van der Waals surface area contributed by atoms with Gasteiger partial charge in [0.1, 0.15) is 40.6 Å². The Bertz CT molecular complexity index is 1250. The quantitative estimate of drug-likeness (QED) is 0.561. The van der Waals surface area contributed by atoms with Crippen molar-refractivity contribution in [2.75, 3.05) is 7.11 Å². The Labute approximate surface area is 186 Å². The normalized spacial score (nSPS) is 15.4. The number of aromatic hydroxyl groups is 1. The molecule has 1 aromatic heterocycles. The predicted octanol–water partition coefficient (Wildman–Crippen LogP) is 4.76. The number of aliphatic hydroxyl groups is 1. The second kappa shape index (κ2) is 8.02. The van der Waals surface area contributed by atoms with E-state index in [0.29, 0.717) is 52.2 Å². The third-order valence-corrected chi connectivity index (χ3v) is 5.89. The maximum Gasteiger partial charge on any atom is 0.204 e. The fourth-order valence-electron chi connectivity index (χ4n) is 4.01. The van der Waals surface area contributed by atoms with Crippen LogP contribution in [-0.4, -0.2) is 29.0 Å². The largest absolute Gasteiger partial charge is 0.507 e. The maximum absolute atomic E-state index is 13.5. The highest BCUT2D eigenvalue weighted by Gasteiger charge is 2.39.